The smallest absolute Gasteiger partial charge is 0.303 e. The molecule has 0 saturated carbocycles. The van der Waals surface area contributed by atoms with Gasteiger partial charge in [-0.25, -0.2) is 0 Å². The van der Waals surface area contributed by atoms with E-state index in [1.165, 1.54) is 0 Å². The zero-order valence-electron chi connectivity index (χ0n) is 8.49. The third-order valence-corrected chi connectivity index (χ3v) is 2.93. The summed E-state index contributed by atoms with van der Waals surface area (Å²) in [5, 5.41) is 8.47. The molecule has 0 radical (unpaired) electrons. The number of rotatable bonds is 4. The van der Waals surface area contributed by atoms with Gasteiger partial charge in [-0.1, -0.05) is 13.8 Å². The van der Waals surface area contributed by atoms with E-state index in [2.05, 4.69) is 18.7 Å². The Balaban J connectivity index is 2.13. The van der Waals surface area contributed by atoms with E-state index in [1.54, 1.807) is 0 Å². The van der Waals surface area contributed by atoms with Gasteiger partial charge < -0.3 is 10.0 Å². The first-order valence-electron chi connectivity index (χ1n) is 5.03. The number of carboxylic acid groups (broad SMARTS) is 1. The monoisotopic (exact) mass is 185 g/mol. The van der Waals surface area contributed by atoms with Gasteiger partial charge in [-0.15, -0.1) is 0 Å². The zero-order valence-corrected chi connectivity index (χ0v) is 8.49. The highest BCUT2D eigenvalue weighted by molar-refractivity contribution is 5.66. The highest BCUT2D eigenvalue weighted by Gasteiger charge is 2.25. The van der Waals surface area contributed by atoms with Gasteiger partial charge in [0.05, 0.1) is 0 Å². The maximum absolute atomic E-state index is 10.3. The van der Waals surface area contributed by atoms with Crippen LogP contribution < -0.4 is 0 Å². The maximum atomic E-state index is 10.3. The average Bonchev–Trinajstić information content (AvgIpc) is 2.30. The van der Waals surface area contributed by atoms with Crippen molar-refractivity contribution in [3.63, 3.8) is 0 Å². The molecule has 3 heteroatoms. The third-order valence-electron chi connectivity index (χ3n) is 2.93. The first kappa shape index (κ1) is 10.5. The van der Waals surface area contributed by atoms with Crippen molar-refractivity contribution in [1.82, 2.24) is 4.90 Å². The molecule has 0 aliphatic carbocycles. The molecule has 1 aliphatic rings. The molecule has 1 fully saturated rings. The van der Waals surface area contributed by atoms with Crippen molar-refractivity contribution in [3.8, 4) is 0 Å². The van der Waals surface area contributed by atoms with Crippen molar-refractivity contribution < 1.29 is 9.90 Å². The molecule has 1 N–H and O–H groups in total. The van der Waals surface area contributed by atoms with Gasteiger partial charge >= 0.3 is 5.97 Å². The van der Waals surface area contributed by atoms with Crippen molar-refractivity contribution in [2.75, 3.05) is 19.6 Å². The highest BCUT2D eigenvalue weighted by atomic mass is 16.4. The fourth-order valence-electron chi connectivity index (χ4n) is 1.89. The topological polar surface area (TPSA) is 40.5 Å². The number of hydrogen-bond donors (Lipinski definition) is 1. The molecule has 0 aromatic carbocycles. The number of likely N-dealkylation sites (tertiary alicyclic amines) is 1. The number of hydrogen-bond acceptors (Lipinski definition) is 2. The molecule has 0 aromatic heterocycles. The Kier molecular flexibility index (Phi) is 3.72. The summed E-state index contributed by atoms with van der Waals surface area (Å²) in [4.78, 5) is 12.7. The van der Waals surface area contributed by atoms with E-state index in [0.717, 1.165) is 37.9 Å². The quantitative estimate of drug-likeness (QED) is 0.720. The minimum absolute atomic E-state index is 0.305. The van der Waals surface area contributed by atoms with Gasteiger partial charge in [0.25, 0.3) is 0 Å². The molecule has 0 bridgehead atoms. The van der Waals surface area contributed by atoms with Crippen molar-refractivity contribution in [1.29, 1.82) is 0 Å². The fourth-order valence-corrected chi connectivity index (χ4v) is 1.89. The molecule has 1 rings (SSSR count). The molecule has 1 aliphatic heterocycles. The standard InChI is InChI=1S/C10H19NO2/c1-8-6-11(7-9(8)2)5-3-4-10(12)13/h8-9H,3-7H2,1-2H3,(H,12,13). The molecule has 13 heavy (non-hydrogen) atoms. The van der Waals surface area contributed by atoms with Crippen molar-refractivity contribution in [2.24, 2.45) is 11.8 Å². The van der Waals surface area contributed by atoms with E-state index in [0.29, 0.717) is 6.42 Å². The maximum Gasteiger partial charge on any atom is 0.303 e. The minimum atomic E-state index is -0.680. The zero-order chi connectivity index (χ0) is 9.84. The molecule has 76 valence electrons. The summed E-state index contributed by atoms with van der Waals surface area (Å²) in [6.07, 6.45) is 1.09. The second kappa shape index (κ2) is 4.61. The van der Waals surface area contributed by atoms with Gasteiger partial charge in [0, 0.05) is 19.5 Å². The Bertz CT molecular complexity index is 172. The molecule has 1 heterocycles. The van der Waals surface area contributed by atoms with Crippen molar-refractivity contribution >= 4 is 5.97 Å². The SMILES string of the molecule is CC1CN(CCCC(=O)O)CC1C. The summed E-state index contributed by atoms with van der Waals surface area (Å²) < 4.78 is 0. The molecule has 1 saturated heterocycles. The molecule has 2 unspecified atom stereocenters. The second-order valence-electron chi connectivity index (χ2n) is 4.21. The van der Waals surface area contributed by atoms with Gasteiger partial charge in [0.2, 0.25) is 0 Å². The molecule has 0 spiro atoms. The largest absolute Gasteiger partial charge is 0.481 e. The fraction of sp³-hybridized carbons (Fsp3) is 0.900. The number of carbonyl (C=O) groups is 1. The van der Waals surface area contributed by atoms with Crippen LogP contribution >= 0.6 is 0 Å². The molecule has 2 atom stereocenters. The van der Waals surface area contributed by atoms with Crippen LogP contribution in [-0.2, 0) is 4.79 Å². The Hall–Kier alpha value is -0.570. The van der Waals surface area contributed by atoms with E-state index < -0.39 is 5.97 Å². The van der Waals surface area contributed by atoms with E-state index >= 15 is 0 Å². The Morgan fingerprint density at radius 2 is 1.92 bits per heavy atom. The van der Waals surface area contributed by atoms with Crippen molar-refractivity contribution in [3.05, 3.63) is 0 Å². The van der Waals surface area contributed by atoms with E-state index in [1.807, 2.05) is 0 Å². The van der Waals surface area contributed by atoms with Crippen LogP contribution in [0.3, 0.4) is 0 Å². The second-order valence-corrected chi connectivity index (χ2v) is 4.21. The van der Waals surface area contributed by atoms with Crippen molar-refractivity contribution in [2.45, 2.75) is 26.7 Å². The summed E-state index contributed by atoms with van der Waals surface area (Å²) >= 11 is 0. The van der Waals surface area contributed by atoms with Crippen LogP contribution in [-0.4, -0.2) is 35.6 Å². The normalized spacial score (nSPS) is 29.4. The Labute approximate surface area is 79.7 Å². The molecular weight excluding hydrogens is 166 g/mol. The summed E-state index contributed by atoms with van der Waals surface area (Å²) in [5.41, 5.74) is 0. The minimum Gasteiger partial charge on any atom is -0.481 e. The van der Waals surface area contributed by atoms with Gasteiger partial charge in [0.1, 0.15) is 0 Å². The Morgan fingerprint density at radius 1 is 1.38 bits per heavy atom. The van der Waals surface area contributed by atoms with Crippen LogP contribution in [0.25, 0.3) is 0 Å². The van der Waals surface area contributed by atoms with E-state index in [-0.39, 0.29) is 0 Å². The molecular formula is C10H19NO2. The lowest BCUT2D eigenvalue weighted by molar-refractivity contribution is -0.137. The van der Waals surface area contributed by atoms with Crippen LogP contribution in [0.4, 0.5) is 0 Å². The summed E-state index contributed by atoms with van der Waals surface area (Å²) in [7, 11) is 0. The summed E-state index contributed by atoms with van der Waals surface area (Å²) in [6, 6.07) is 0. The lowest BCUT2D eigenvalue weighted by Gasteiger charge is -2.13. The van der Waals surface area contributed by atoms with E-state index in [4.69, 9.17) is 5.11 Å². The Morgan fingerprint density at radius 3 is 2.38 bits per heavy atom. The van der Waals surface area contributed by atoms with Crippen LogP contribution in [0.15, 0.2) is 0 Å². The van der Waals surface area contributed by atoms with Crippen LogP contribution in [0.1, 0.15) is 26.7 Å². The number of nitrogens with zero attached hydrogens (tertiary/aromatic N) is 1. The molecule has 3 nitrogen and oxygen atoms in total. The van der Waals surface area contributed by atoms with E-state index in [9.17, 15) is 4.79 Å². The first-order chi connectivity index (χ1) is 6.09. The predicted octanol–water partition coefficient (Wildman–Crippen LogP) is 1.44. The predicted molar refractivity (Wildman–Crippen MR) is 51.6 cm³/mol. The molecule has 0 aromatic rings. The third kappa shape index (κ3) is 3.35. The summed E-state index contributed by atoms with van der Waals surface area (Å²) in [6.45, 7) is 7.76. The number of aliphatic carboxylic acids is 1. The van der Waals surface area contributed by atoms with Gasteiger partial charge in [-0.2, -0.15) is 0 Å². The lowest BCUT2D eigenvalue weighted by Crippen LogP contribution is -2.22. The lowest BCUT2D eigenvalue weighted by atomic mass is 10.0. The van der Waals surface area contributed by atoms with Gasteiger partial charge in [0.15, 0.2) is 0 Å². The van der Waals surface area contributed by atoms with Crippen LogP contribution in [0.5, 0.6) is 0 Å². The van der Waals surface area contributed by atoms with Gasteiger partial charge in [-0.05, 0) is 24.8 Å². The first-order valence-corrected chi connectivity index (χ1v) is 5.03. The number of carboxylic acids is 1. The van der Waals surface area contributed by atoms with Crippen LogP contribution in [0.2, 0.25) is 0 Å². The average molecular weight is 185 g/mol. The summed E-state index contributed by atoms with van der Waals surface area (Å²) in [5.74, 6) is 0.856. The highest BCUT2D eigenvalue weighted by Crippen LogP contribution is 2.21. The molecule has 0 amide bonds. The van der Waals surface area contributed by atoms with Gasteiger partial charge in [-0.3, -0.25) is 4.79 Å². The van der Waals surface area contributed by atoms with Crippen LogP contribution in [0, 0.1) is 11.8 Å².